The summed E-state index contributed by atoms with van der Waals surface area (Å²) in [5.74, 6) is 9.38. The van der Waals surface area contributed by atoms with Crippen molar-refractivity contribution in [1.82, 2.24) is 30.7 Å². The van der Waals surface area contributed by atoms with Crippen LogP contribution in [0.25, 0.3) is 0 Å². The fraction of sp³-hybridized carbons (Fsp3) is 0.962. The molecule has 5 aliphatic heterocycles. The van der Waals surface area contributed by atoms with Gasteiger partial charge in [0.05, 0.1) is 24.7 Å². The molecule has 324 valence electrons. The zero-order valence-electron chi connectivity index (χ0n) is 36.9. The average molecular weight is 795 g/mol. The SMILES string of the molecule is C1=CC(C2NC(C3CCCC(C4CCC5C(C4)C4CCNC4N5C4CCCCC4)C3)N2C2CCCC(C3CCC4C(C3)C3CCNC3N4C3CCCCC3)C2)CCC1. The highest BCUT2D eigenvalue weighted by Gasteiger charge is 2.58. The van der Waals surface area contributed by atoms with Crippen molar-refractivity contribution in [2.45, 2.75) is 241 Å². The van der Waals surface area contributed by atoms with E-state index in [1.54, 1.807) is 12.8 Å². The van der Waals surface area contributed by atoms with Gasteiger partial charge in [-0.05, 0) is 188 Å². The maximum absolute atomic E-state index is 4.43. The van der Waals surface area contributed by atoms with Crippen LogP contribution in [0, 0.1) is 59.2 Å². The van der Waals surface area contributed by atoms with E-state index in [1.807, 2.05) is 0 Å². The molecule has 12 rings (SSSR count). The number of likely N-dealkylation sites (tertiary alicyclic amines) is 2. The van der Waals surface area contributed by atoms with Gasteiger partial charge >= 0.3 is 0 Å². The van der Waals surface area contributed by atoms with Gasteiger partial charge < -0.3 is 10.6 Å². The molecule has 0 bridgehead atoms. The van der Waals surface area contributed by atoms with Crippen molar-refractivity contribution >= 4 is 0 Å². The van der Waals surface area contributed by atoms with Crippen LogP contribution in [-0.2, 0) is 0 Å². The molecule has 0 aromatic carbocycles. The Morgan fingerprint density at radius 2 is 0.914 bits per heavy atom. The van der Waals surface area contributed by atoms with E-state index in [4.69, 9.17) is 0 Å². The number of allylic oxidation sites excluding steroid dienone is 1. The highest BCUT2D eigenvalue weighted by atomic mass is 15.5. The number of hydrogen-bond donors (Lipinski definition) is 3. The van der Waals surface area contributed by atoms with E-state index in [9.17, 15) is 0 Å². The molecule has 5 heterocycles. The van der Waals surface area contributed by atoms with Crippen LogP contribution in [-0.4, -0.2) is 82.7 Å². The molecule has 6 nitrogen and oxygen atoms in total. The molecule has 58 heavy (non-hydrogen) atoms. The summed E-state index contributed by atoms with van der Waals surface area (Å²) in [6.45, 7) is 2.56. The van der Waals surface area contributed by atoms with Crippen molar-refractivity contribution in [2.75, 3.05) is 13.1 Å². The molecule has 3 N–H and O–H groups in total. The number of nitrogens with zero attached hydrogens (tertiary/aromatic N) is 3. The fourth-order valence-corrected chi connectivity index (χ4v) is 18.7. The summed E-state index contributed by atoms with van der Waals surface area (Å²) < 4.78 is 0. The monoisotopic (exact) mass is 795 g/mol. The van der Waals surface area contributed by atoms with E-state index in [-0.39, 0.29) is 0 Å². The second-order valence-corrected chi connectivity index (χ2v) is 23.6. The standard InChI is InChI=1S/C52H86N6/c1-4-12-34(13-5-1)49-55-50(39-16-10-14-35(30-39)37-22-24-47-45(32-37)43-26-28-53-51(43)56(47)40-17-6-2-7-18-40)58(49)42-21-11-15-36(31-42)38-23-25-48-46(33-38)44-27-29-54-52(44)57(48)41-19-8-3-9-20-41/h4,12,34-55H,1-3,5-11,13-33H2. The maximum Gasteiger partial charge on any atom is 0.0689 e. The van der Waals surface area contributed by atoms with Crippen molar-refractivity contribution in [2.24, 2.45) is 59.2 Å². The van der Waals surface area contributed by atoms with Crippen LogP contribution in [0.3, 0.4) is 0 Å². The minimum Gasteiger partial charge on any atom is -0.301 e. The highest BCUT2D eigenvalue weighted by Crippen LogP contribution is 2.56. The third kappa shape index (κ3) is 7.00. The Balaban J connectivity index is 0.726. The molecule has 6 saturated carbocycles. The summed E-state index contributed by atoms with van der Waals surface area (Å²) in [7, 11) is 0. The molecule has 11 fully saturated rings. The smallest absolute Gasteiger partial charge is 0.0689 e. The second kappa shape index (κ2) is 16.9. The first-order valence-corrected chi connectivity index (χ1v) is 27.0. The van der Waals surface area contributed by atoms with Crippen molar-refractivity contribution in [3.05, 3.63) is 12.2 Å². The lowest BCUT2D eigenvalue weighted by Gasteiger charge is -2.61. The molecule has 17 unspecified atom stereocenters. The third-order valence-electron chi connectivity index (χ3n) is 21.1. The summed E-state index contributed by atoms with van der Waals surface area (Å²) in [5.41, 5.74) is 0. The van der Waals surface area contributed by atoms with Gasteiger partial charge in [-0.2, -0.15) is 0 Å². The molecule has 0 amide bonds. The Labute approximate surface area is 355 Å². The van der Waals surface area contributed by atoms with Gasteiger partial charge in [0.1, 0.15) is 0 Å². The molecule has 0 aromatic heterocycles. The Bertz CT molecular complexity index is 1420. The van der Waals surface area contributed by atoms with E-state index in [2.05, 4.69) is 42.8 Å². The molecule has 0 radical (unpaired) electrons. The Morgan fingerprint density at radius 1 is 0.362 bits per heavy atom. The third-order valence-corrected chi connectivity index (χ3v) is 21.1. The Morgan fingerprint density at radius 3 is 1.52 bits per heavy atom. The van der Waals surface area contributed by atoms with E-state index < -0.39 is 0 Å². The molecule has 12 aliphatic rings. The van der Waals surface area contributed by atoms with Crippen LogP contribution in [0.5, 0.6) is 0 Å². The topological polar surface area (TPSA) is 45.8 Å². The molecule has 17 atom stereocenters. The second-order valence-electron chi connectivity index (χ2n) is 23.6. The normalized spacial score (nSPS) is 50.9. The predicted molar refractivity (Wildman–Crippen MR) is 237 cm³/mol. The minimum atomic E-state index is 0.608. The molecule has 6 heteroatoms. The summed E-state index contributed by atoms with van der Waals surface area (Å²) >= 11 is 0. The molecular formula is C52H86N6. The van der Waals surface area contributed by atoms with Crippen LogP contribution >= 0.6 is 0 Å². The lowest BCUT2D eigenvalue weighted by molar-refractivity contribution is -0.133. The van der Waals surface area contributed by atoms with Crippen LogP contribution in [0.4, 0.5) is 0 Å². The quantitative estimate of drug-likeness (QED) is 0.223. The summed E-state index contributed by atoms with van der Waals surface area (Å²) in [4.78, 5) is 9.49. The maximum atomic E-state index is 4.43. The van der Waals surface area contributed by atoms with Gasteiger partial charge in [-0.25, -0.2) is 0 Å². The zero-order valence-corrected chi connectivity index (χ0v) is 36.9. The zero-order chi connectivity index (χ0) is 38.2. The van der Waals surface area contributed by atoms with E-state index >= 15 is 0 Å². The highest BCUT2D eigenvalue weighted by molar-refractivity contribution is 5.11. The van der Waals surface area contributed by atoms with Crippen molar-refractivity contribution in [1.29, 1.82) is 0 Å². The molecule has 0 spiro atoms. The van der Waals surface area contributed by atoms with Gasteiger partial charge in [0.15, 0.2) is 0 Å². The summed E-state index contributed by atoms with van der Waals surface area (Å²) in [6.07, 6.45) is 50.9. The van der Waals surface area contributed by atoms with Crippen LogP contribution < -0.4 is 16.0 Å². The minimum absolute atomic E-state index is 0.608. The number of fused-ring (bicyclic) bond motifs is 6. The van der Waals surface area contributed by atoms with Gasteiger partial charge in [-0.1, -0.05) is 76.4 Å². The lowest BCUT2D eigenvalue weighted by atomic mass is 9.64. The van der Waals surface area contributed by atoms with Crippen LogP contribution in [0.1, 0.15) is 186 Å². The van der Waals surface area contributed by atoms with Crippen molar-refractivity contribution in [3.63, 3.8) is 0 Å². The molecule has 5 saturated heterocycles. The molecule has 0 aromatic rings. The van der Waals surface area contributed by atoms with Crippen LogP contribution in [0.2, 0.25) is 0 Å². The first-order chi connectivity index (χ1) is 28.8. The Kier molecular flexibility index (Phi) is 11.4. The number of hydrogen-bond acceptors (Lipinski definition) is 6. The average Bonchev–Trinajstić information content (AvgIpc) is 4.07. The van der Waals surface area contributed by atoms with Gasteiger partial charge in [0, 0.05) is 36.1 Å². The Hall–Kier alpha value is -0.500. The van der Waals surface area contributed by atoms with Gasteiger partial charge in [-0.3, -0.25) is 20.0 Å². The van der Waals surface area contributed by atoms with Crippen LogP contribution in [0.15, 0.2) is 12.2 Å². The fourth-order valence-electron chi connectivity index (χ4n) is 18.7. The predicted octanol–water partition coefficient (Wildman–Crippen LogP) is 10.0. The first kappa shape index (κ1) is 39.1. The molecule has 7 aliphatic carbocycles. The van der Waals surface area contributed by atoms with E-state index in [0.717, 1.165) is 95.6 Å². The largest absolute Gasteiger partial charge is 0.301 e. The first-order valence-electron chi connectivity index (χ1n) is 27.0. The number of nitrogens with one attached hydrogen (secondary N) is 3. The van der Waals surface area contributed by atoms with Gasteiger partial charge in [-0.15, -0.1) is 0 Å². The van der Waals surface area contributed by atoms with Gasteiger partial charge in [0.25, 0.3) is 0 Å². The number of rotatable bonds is 7. The molecular weight excluding hydrogens is 709 g/mol. The summed E-state index contributed by atoms with van der Waals surface area (Å²) in [5, 5.41) is 12.6. The lowest BCUT2D eigenvalue weighted by Crippen LogP contribution is -2.76. The summed E-state index contributed by atoms with van der Waals surface area (Å²) in [6, 6.07) is 4.36. The van der Waals surface area contributed by atoms with E-state index in [1.165, 1.54) is 186 Å². The van der Waals surface area contributed by atoms with E-state index in [0.29, 0.717) is 18.5 Å². The van der Waals surface area contributed by atoms with Gasteiger partial charge in [0.2, 0.25) is 0 Å². The van der Waals surface area contributed by atoms with Crippen molar-refractivity contribution < 1.29 is 0 Å². The van der Waals surface area contributed by atoms with Crippen molar-refractivity contribution in [3.8, 4) is 0 Å².